The van der Waals surface area contributed by atoms with E-state index in [-0.39, 0.29) is 12.8 Å². The third-order valence-electron chi connectivity index (χ3n) is 7.76. The van der Waals surface area contributed by atoms with Crippen LogP contribution in [-0.4, -0.2) is 148 Å². The van der Waals surface area contributed by atoms with Crippen LogP contribution >= 0.6 is 0 Å². The highest BCUT2D eigenvalue weighted by molar-refractivity contribution is 6.20. The summed E-state index contributed by atoms with van der Waals surface area (Å²) in [5.41, 5.74) is -11.3. The van der Waals surface area contributed by atoms with Crippen LogP contribution in [0.5, 0.6) is 0 Å². The quantitative estimate of drug-likeness (QED) is 0.0259. The van der Waals surface area contributed by atoms with Gasteiger partial charge in [-0.25, -0.2) is 0 Å². The fourth-order valence-corrected chi connectivity index (χ4v) is 4.43. The third-order valence-corrected chi connectivity index (χ3v) is 7.76. The molecule has 2 atom stereocenters. The van der Waals surface area contributed by atoms with Crippen LogP contribution in [0.3, 0.4) is 0 Å². The van der Waals surface area contributed by atoms with Crippen molar-refractivity contribution in [3.63, 3.8) is 0 Å². The zero-order valence-electron chi connectivity index (χ0n) is 28.3. The third kappa shape index (κ3) is 11.3. The highest BCUT2D eigenvalue weighted by atomic mass is 16.4. The van der Waals surface area contributed by atoms with Crippen LogP contribution in [0.25, 0.3) is 0 Å². The summed E-state index contributed by atoms with van der Waals surface area (Å²) < 4.78 is 0. The molecule has 0 radical (unpaired) electrons. The fourth-order valence-electron chi connectivity index (χ4n) is 4.43. The Labute approximate surface area is 298 Å². The molecule has 10 N–H and O–H groups in total. The van der Waals surface area contributed by atoms with Crippen molar-refractivity contribution in [2.45, 2.75) is 49.1 Å². The first kappa shape index (κ1) is 51.4. The first-order valence-electron chi connectivity index (χ1n) is 14.8. The van der Waals surface area contributed by atoms with E-state index in [9.17, 15) is 79.2 Å². The first-order valence-corrected chi connectivity index (χ1v) is 14.8. The average molecular weight is 743 g/mol. The number of carbonyl (C=O) groups is 8. The normalized spacial score (nSPS) is 12.4. The molecule has 290 valence electrons. The van der Waals surface area contributed by atoms with E-state index in [2.05, 4.69) is 39.5 Å². The summed E-state index contributed by atoms with van der Waals surface area (Å²) in [5, 5.41) is 95.1. The maximum absolute atomic E-state index is 11.9. The summed E-state index contributed by atoms with van der Waals surface area (Å²) in [5.74, 6) is -9.12. The average Bonchev–Trinajstić information content (AvgIpc) is 3.15. The molecular weight excluding hydrogens is 696 g/mol. The molecule has 0 rings (SSSR count). The second-order valence-electron chi connectivity index (χ2n) is 10.7. The van der Waals surface area contributed by atoms with Crippen molar-refractivity contribution in [1.29, 1.82) is 0 Å². The predicted molar refractivity (Wildman–Crippen MR) is 180 cm³/mol. The van der Waals surface area contributed by atoms with E-state index in [0.717, 1.165) is 0 Å². The first-order chi connectivity index (χ1) is 24.1. The Kier molecular flexibility index (Phi) is 23.3. The van der Waals surface area contributed by atoms with Crippen molar-refractivity contribution in [1.82, 2.24) is 0 Å². The van der Waals surface area contributed by atoms with Crippen molar-refractivity contribution < 1.29 is 89.4 Å². The number of hydrogen-bond donors (Lipinski definition) is 10. The molecule has 0 aliphatic heterocycles. The van der Waals surface area contributed by atoms with Gasteiger partial charge in [0.2, 0.25) is 11.2 Å². The minimum Gasteiger partial charge on any atom is -0.481 e. The highest BCUT2D eigenvalue weighted by Gasteiger charge is 2.64. The minimum absolute atomic E-state index is 0.0628. The standard InChI is InChI=1S/2C14H18O7.C6H10O4/c2*1-4-9(17)12(20)13(7-15,8-16)14(21,10(18)5-2)11(19)6-3;7-5(8)3-1-2-4-6(9)10/h2*4-6,12,15-16,20-21H,1-3,7-8H2;1-4H2,(H,7,8)(H,9,10). The van der Waals surface area contributed by atoms with Crippen LogP contribution in [0.4, 0.5) is 0 Å². The van der Waals surface area contributed by atoms with Crippen molar-refractivity contribution in [2.75, 3.05) is 26.4 Å². The lowest BCUT2D eigenvalue weighted by Crippen LogP contribution is -2.68. The maximum atomic E-state index is 11.9. The lowest BCUT2D eigenvalue weighted by molar-refractivity contribution is -0.191. The van der Waals surface area contributed by atoms with Crippen molar-refractivity contribution in [2.24, 2.45) is 10.8 Å². The fraction of sp³-hybridized carbons (Fsp3) is 0.412. The molecule has 0 saturated heterocycles. The molecule has 0 saturated carbocycles. The second-order valence-corrected chi connectivity index (χ2v) is 10.7. The molecule has 2 unspecified atom stereocenters. The number of unbranched alkanes of at least 4 members (excludes halogenated alkanes) is 1. The molecule has 0 aromatic carbocycles. The van der Waals surface area contributed by atoms with Crippen LogP contribution in [0.15, 0.2) is 75.9 Å². The van der Waals surface area contributed by atoms with Gasteiger partial charge in [0.1, 0.15) is 12.2 Å². The number of carboxylic acids is 2. The lowest BCUT2D eigenvalue weighted by Gasteiger charge is -2.43. The molecule has 0 fully saturated rings. The number of aliphatic hydroxyl groups is 8. The van der Waals surface area contributed by atoms with Gasteiger partial charge in [0.05, 0.1) is 37.3 Å². The molecule has 18 nitrogen and oxygen atoms in total. The Morgan fingerprint density at radius 2 is 0.673 bits per heavy atom. The number of carboxylic acid groups (broad SMARTS) is 2. The zero-order chi connectivity index (χ0) is 41.7. The smallest absolute Gasteiger partial charge is 0.303 e. The van der Waals surface area contributed by atoms with E-state index in [1.165, 1.54) is 0 Å². The Morgan fingerprint density at radius 3 is 0.808 bits per heavy atom. The summed E-state index contributed by atoms with van der Waals surface area (Å²) in [6, 6.07) is 0. The molecule has 0 heterocycles. The van der Waals surface area contributed by atoms with Gasteiger partial charge in [-0.2, -0.15) is 0 Å². The van der Waals surface area contributed by atoms with E-state index >= 15 is 0 Å². The molecule has 0 aliphatic rings. The van der Waals surface area contributed by atoms with Gasteiger partial charge in [-0.1, -0.05) is 39.5 Å². The van der Waals surface area contributed by atoms with Crippen LogP contribution in [0.1, 0.15) is 25.7 Å². The molecule has 0 spiro atoms. The van der Waals surface area contributed by atoms with E-state index in [1.54, 1.807) is 0 Å². The molecule has 52 heavy (non-hydrogen) atoms. The van der Waals surface area contributed by atoms with Gasteiger partial charge in [0.15, 0.2) is 34.7 Å². The molecule has 0 bridgehead atoms. The molecule has 0 amide bonds. The number of rotatable bonds is 25. The Morgan fingerprint density at radius 1 is 0.462 bits per heavy atom. The predicted octanol–water partition coefficient (Wildman–Crippen LogP) is -2.65. The van der Waals surface area contributed by atoms with Gasteiger partial charge in [0, 0.05) is 12.8 Å². The Hall–Kier alpha value is -4.92. The van der Waals surface area contributed by atoms with Crippen molar-refractivity contribution in [3.8, 4) is 0 Å². The van der Waals surface area contributed by atoms with Gasteiger partial charge in [-0.05, 0) is 49.3 Å². The summed E-state index contributed by atoms with van der Waals surface area (Å²) in [7, 11) is 0. The van der Waals surface area contributed by atoms with Crippen molar-refractivity contribution >= 4 is 46.6 Å². The molecular formula is C34H46O18. The zero-order valence-corrected chi connectivity index (χ0v) is 28.3. The topological polar surface area (TPSA) is 339 Å². The number of aliphatic hydroxyl groups excluding tert-OH is 6. The highest BCUT2D eigenvalue weighted by Crippen LogP contribution is 2.39. The number of hydrogen-bond acceptors (Lipinski definition) is 16. The van der Waals surface area contributed by atoms with E-state index in [1.807, 2.05) is 0 Å². The minimum atomic E-state index is -3.10. The number of aliphatic carboxylic acids is 2. The second kappa shape index (κ2) is 23.5. The van der Waals surface area contributed by atoms with Crippen LogP contribution in [0.2, 0.25) is 0 Å². The van der Waals surface area contributed by atoms with E-state index in [4.69, 9.17) is 10.2 Å². The van der Waals surface area contributed by atoms with Crippen LogP contribution < -0.4 is 0 Å². The van der Waals surface area contributed by atoms with Gasteiger partial charge in [-0.3, -0.25) is 38.4 Å². The summed E-state index contributed by atoms with van der Waals surface area (Å²) >= 11 is 0. The Bertz CT molecular complexity index is 1240. The van der Waals surface area contributed by atoms with Crippen molar-refractivity contribution in [3.05, 3.63) is 75.9 Å². The molecule has 18 heteroatoms. The van der Waals surface area contributed by atoms with E-state index < -0.39 is 107 Å². The van der Waals surface area contributed by atoms with Gasteiger partial charge in [0.25, 0.3) is 0 Å². The largest absolute Gasteiger partial charge is 0.481 e. The van der Waals surface area contributed by atoms with Crippen LogP contribution in [-0.2, 0) is 38.4 Å². The summed E-state index contributed by atoms with van der Waals surface area (Å²) in [6.45, 7) is 13.7. The lowest BCUT2D eigenvalue weighted by atomic mass is 9.63. The molecule has 0 aliphatic carbocycles. The summed E-state index contributed by atoms with van der Waals surface area (Å²) in [6.07, 6.45) is 0.164. The molecule has 0 aromatic rings. The Balaban J connectivity index is -0.000000737. The van der Waals surface area contributed by atoms with Crippen LogP contribution in [0, 0.1) is 10.8 Å². The maximum Gasteiger partial charge on any atom is 0.303 e. The summed E-state index contributed by atoms with van der Waals surface area (Å²) in [4.78, 5) is 90.6. The monoisotopic (exact) mass is 742 g/mol. The van der Waals surface area contributed by atoms with E-state index in [0.29, 0.717) is 49.3 Å². The number of carbonyl (C=O) groups excluding carboxylic acids is 6. The van der Waals surface area contributed by atoms with Gasteiger partial charge >= 0.3 is 11.9 Å². The number of ketones is 6. The SMILES string of the molecule is C=CC(=O)C(O)C(CO)(CO)C(O)(C(=O)C=C)C(=O)C=C.C=CC(=O)C(O)C(CO)(CO)C(O)(C(=O)C=C)C(=O)C=C.O=C(O)CCCCC(=O)O. The van der Waals surface area contributed by atoms with Gasteiger partial charge in [-0.15, -0.1) is 0 Å². The molecule has 0 aromatic heterocycles. The van der Waals surface area contributed by atoms with Gasteiger partial charge < -0.3 is 51.1 Å².